The molecule has 0 heterocycles. The number of nitrogens with two attached hydrogens (primary N) is 1. The van der Waals surface area contributed by atoms with Gasteiger partial charge < -0.3 is 10.5 Å². The number of halogens is 1. The number of thioether (sulfide) groups is 1. The summed E-state index contributed by atoms with van der Waals surface area (Å²) < 4.78 is 18.6. The summed E-state index contributed by atoms with van der Waals surface area (Å²) in [5.41, 5.74) is 6.00. The van der Waals surface area contributed by atoms with Gasteiger partial charge in [0.2, 0.25) is 0 Å². The quantitative estimate of drug-likeness (QED) is 0.357. The summed E-state index contributed by atoms with van der Waals surface area (Å²) in [5, 5.41) is 0. The Kier molecular flexibility index (Phi) is 6.70. The number of esters is 1. The maximum atomic E-state index is 13.7. The lowest BCUT2D eigenvalue weighted by atomic mass is 10.2. The second-order valence-corrected chi connectivity index (χ2v) is 5.28. The molecular formula is C14H20FNO2S. The maximum Gasteiger partial charge on any atom is 0.340 e. The first-order valence-electron chi connectivity index (χ1n) is 6.49. The van der Waals surface area contributed by atoms with E-state index in [1.165, 1.54) is 23.9 Å². The number of hydrogen-bond donors (Lipinski definition) is 1. The van der Waals surface area contributed by atoms with E-state index in [1.54, 1.807) is 6.92 Å². The van der Waals surface area contributed by atoms with E-state index in [0.29, 0.717) is 4.90 Å². The van der Waals surface area contributed by atoms with Crippen LogP contribution in [0.1, 0.15) is 43.5 Å². The molecule has 0 atom stereocenters. The highest BCUT2D eigenvalue weighted by molar-refractivity contribution is 7.99. The van der Waals surface area contributed by atoms with Gasteiger partial charge in [-0.2, -0.15) is 0 Å². The van der Waals surface area contributed by atoms with E-state index in [9.17, 15) is 9.18 Å². The molecule has 3 nitrogen and oxygen atoms in total. The molecule has 0 fully saturated rings. The first-order valence-corrected chi connectivity index (χ1v) is 7.47. The van der Waals surface area contributed by atoms with E-state index >= 15 is 0 Å². The van der Waals surface area contributed by atoms with Crippen LogP contribution in [0.25, 0.3) is 0 Å². The number of carbonyl (C=O) groups excluding carboxylic acids is 1. The normalized spacial score (nSPS) is 10.5. The van der Waals surface area contributed by atoms with Gasteiger partial charge in [-0.15, -0.1) is 11.8 Å². The lowest BCUT2D eigenvalue weighted by molar-refractivity contribution is 0.0527. The molecule has 5 heteroatoms. The minimum Gasteiger partial charge on any atom is -0.462 e. The minimum absolute atomic E-state index is 0.119. The highest BCUT2D eigenvalue weighted by Gasteiger charge is 2.15. The topological polar surface area (TPSA) is 52.3 Å². The van der Waals surface area contributed by atoms with Crippen LogP contribution < -0.4 is 5.73 Å². The molecular weight excluding hydrogens is 265 g/mol. The van der Waals surface area contributed by atoms with E-state index in [1.807, 2.05) is 0 Å². The summed E-state index contributed by atoms with van der Waals surface area (Å²) in [6.07, 6.45) is 3.27. The van der Waals surface area contributed by atoms with Crippen molar-refractivity contribution in [2.45, 2.75) is 38.0 Å². The fraction of sp³-hybridized carbons (Fsp3) is 0.500. The smallest absolute Gasteiger partial charge is 0.340 e. The van der Waals surface area contributed by atoms with Crippen LogP contribution in [0, 0.1) is 5.82 Å². The van der Waals surface area contributed by atoms with Gasteiger partial charge in [0.05, 0.1) is 12.2 Å². The predicted octanol–water partition coefficient (Wildman–Crippen LogP) is 3.87. The second kappa shape index (κ2) is 8.04. The van der Waals surface area contributed by atoms with Crippen LogP contribution in [0.4, 0.5) is 10.1 Å². The predicted molar refractivity (Wildman–Crippen MR) is 77.0 cm³/mol. The van der Waals surface area contributed by atoms with Crippen LogP contribution in [-0.4, -0.2) is 18.3 Å². The molecule has 1 rings (SSSR count). The summed E-state index contributed by atoms with van der Waals surface area (Å²) in [4.78, 5) is 12.1. The van der Waals surface area contributed by atoms with Crippen molar-refractivity contribution in [3.8, 4) is 0 Å². The number of benzene rings is 1. The van der Waals surface area contributed by atoms with Gasteiger partial charge in [-0.25, -0.2) is 9.18 Å². The van der Waals surface area contributed by atoms with Gasteiger partial charge in [-0.05, 0) is 31.2 Å². The number of ether oxygens (including phenoxy) is 1. The average molecular weight is 285 g/mol. The van der Waals surface area contributed by atoms with Crippen LogP contribution in [0.15, 0.2) is 17.0 Å². The molecule has 0 aliphatic heterocycles. The highest BCUT2D eigenvalue weighted by atomic mass is 32.2. The first kappa shape index (κ1) is 15.8. The van der Waals surface area contributed by atoms with E-state index < -0.39 is 5.97 Å². The standard InChI is InChI=1S/C14H20FNO2S/c1-3-5-6-7-19-13-8-10(14(17)18-4-2)12(16)9-11(13)15/h8-9H,3-7,16H2,1-2H3. The molecule has 0 radical (unpaired) electrons. The molecule has 2 N–H and O–H groups in total. The van der Waals surface area contributed by atoms with Gasteiger partial charge in [0.1, 0.15) is 5.82 Å². The molecule has 0 aromatic heterocycles. The number of unbranched alkanes of at least 4 members (excludes halogenated alkanes) is 2. The molecule has 0 aliphatic carbocycles. The summed E-state index contributed by atoms with van der Waals surface area (Å²) in [5.74, 6) is -0.0563. The Morgan fingerprint density at radius 2 is 2.11 bits per heavy atom. The molecule has 106 valence electrons. The van der Waals surface area contributed by atoms with Gasteiger partial charge in [-0.3, -0.25) is 0 Å². The van der Waals surface area contributed by atoms with Crippen LogP contribution in [-0.2, 0) is 4.74 Å². The number of carbonyl (C=O) groups is 1. The lowest BCUT2D eigenvalue weighted by Gasteiger charge is -2.09. The fourth-order valence-electron chi connectivity index (χ4n) is 1.60. The molecule has 0 saturated heterocycles. The van der Waals surface area contributed by atoms with E-state index in [-0.39, 0.29) is 23.7 Å². The van der Waals surface area contributed by atoms with Crippen molar-refractivity contribution in [2.75, 3.05) is 18.1 Å². The molecule has 0 bridgehead atoms. The van der Waals surface area contributed by atoms with Gasteiger partial charge in [-0.1, -0.05) is 19.8 Å². The van der Waals surface area contributed by atoms with Crippen LogP contribution in [0.5, 0.6) is 0 Å². The highest BCUT2D eigenvalue weighted by Crippen LogP contribution is 2.28. The van der Waals surface area contributed by atoms with Crippen molar-refractivity contribution in [1.29, 1.82) is 0 Å². The number of rotatable bonds is 7. The zero-order chi connectivity index (χ0) is 14.3. The third-order valence-electron chi connectivity index (χ3n) is 2.60. The fourth-order valence-corrected chi connectivity index (χ4v) is 2.57. The summed E-state index contributed by atoms with van der Waals surface area (Å²) in [6, 6.07) is 2.67. The van der Waals surface area contributed by atoms with Gasteiger partial charge in [0, 0.05) is 10.6 Å². The zero-order valence-electron chi connectivity index (χ0n) is 11.4. The monoisotopic (exact) mass is 285 g/mol. The van der Waals surface area contributed by atoms with Gasteiger partial charge >= 0.3 is 5.97 Å². The first-order chi connectivity index (χ1) is 9.10. The maximum absolute atomic E-state index is 13.7. The van der Waals surface area contributed by atoms with E-state index in [4.69, 9.17) is 10.5 Å². The number of anilines is 1. The summed E-state index contributed by atoms with van der Waals surface area (Å²) in [7, 11) is 0. The van der Waals surface area contributed by atoms with Gasteiger partial charge in [0.15, 0.2) is 0 Å². The molecule has 0 spiro atoms. The molecule has 1 aromatic rings. The third kappa shape index (κ3) is 4.74. The van der Waals surface area contributed by atoms with Crippen molar-refractivity contribution < 1.29 is 13.9 Å². The Morgan fingerprint density at radius 3 is 2.74 bits per heavy atom. The van der Waals surface area contributed by atoms with Crippen molar-refractivity contribution in [1.82, 2.24) is 0 Å². The lowest BCUT2D eigenvalue weighted by Crippen LogP contribution is -2.09. The van der Waals surface area contributed by atoms with Crippen molar-refractivity contribution in [3.63, 3.8) is 0 Å². The zero-order valence-corrected chi connectivity index (χ0v) is 12.2. The van der Waals surface area contributed by atoms with Crippen molar-refractivity contribution in [2.24, 2.45) is 0 Å². The molecule has 0 amide bonds. The van der Waals surface area contributed by atoms with Crippen molar-refractivity contribution >= 4 is 23.4 Å². The average Bonchev–Trinajstić information content (AvgIpc) is 2.37. The van der Waals surface area contributed by atoms with Crippen LogP contribution in [0.2, 0.25) is 0 Å². The van der Waals surface area contributed by atoms with Crippen molar-refractivity contribution in [3.05, 3.63) is 23.5 Å². The molecule has 0 unspecified atom stereocenters. The van der Waals surface area contributed by atoms with E-state index in [0.717, 1.165) is 25.0 Å². The summed E-state index contributed by atoms with van der Waals surface area (Å²) in [6.45, 7) is 4.11. The Morgan fingerprint density at radius 1 is 1.37 bits per heavy atom. The van der Waals surface area contributed by atoms with E-state index in [2.05, 4.69) is 6.92 Å². The summed E-state index contributed by atoms with van der Waals surface area (Å²) >= 11 is 1.41. The van der Waals surface area contributed by atoms with Crippen LogP contribution in [0.3, 0.4) is 0 Å². The minimum atomic E-state index is -0.504. The van der Waals surface area contributed by atoms with Crippen LogP contribution >= 0.6 is 11.8 Å². The van der Waals surface area contributed by atoms with Gasteiger partial charge in [0.25, 0.3) is 0 Å². The number of nitrogen functional groups attached to an aromatic ring is 1. The molecule has 0 aliphatic rings. The Balaban J connectivity index is 2.81. The third-order valence-corrected chi connectivity index (χ3v) is 3.72. The SMILES string of the molecule is CCCCCSc1cc(C(=O)OCC)c(N)cc1F. The largest absolute Gasteiger partial charge is 0.462 e. The Hall–Kier alpha value is -1.23. The Bertz CT molecular complexity index is 438. The molecule has 1 aromatic carbocycles. The number of hydrogen-bond acceptors (Lipinski definition) is 4. The molecule has 0 saturated carbocycles. The molecule has 19 heavy (non-hydrogen) atoms. The second-order valence-electron chi connectivity index (χ2n) is 4.15. The Labute approximate surface area is 117 Å².